The molecule has 0 amide bonds. The van der Waals surface area contributed by atoms with Crippen molar-refractivity contribution in [1.29, 1.82) is 0 Å². The number of nitrogens with zero attached hydrogens (tertiary/aromatic N) is 3. The van der Waals surface area contributed by atoms with Gasteiger partial charge in [-0.15, -0.1) is 71.3 Å². The summed E-state index contributed by atoms with van der Waals surface area (Å²) in [7, 11) is 0. The zero-order valence-electron chi connectivity index (χ0n) is 26.8. The van der Waals surface area contributed by atoms with Gasteiger partial charge in [-0.3, -0.25) is 0 Å². The third-order valence-corrected chi connectivity index (χ3v) is 9.03. The van der Waals surface area contributed by atoms with E-state index < -0.39 is 0 Å². The molecular formula is C42H38BrIrN3-2. The molecular weight excluding hydrogens is 819 g/mol. The number of pyridine rings is 2. The summed E-state index contributed by atoms with van der Waals surface area (Å²) in [6.07, 6.45) is 8.69. The molecule has 0 aliphatic carbocycles. The van der Waals surface area contributed by atoms with Crippen LogP contribution in [0.2, 0.25) is 0 Å². The summed E-state index contributed by atoms with van der Waals surface area (Å²) in [5.41, 5.74) is 9.02. The van der Waals surface area contributed by atoms with Crippen molar-refractivity contribution in [2.45, 2.75) is 46.1 Å². The van der Waals surface area contributed by atoms with Gasteiger partial charge in [0.15, 0.2) is 0 Å². The minimum Gasteiger partial charge on any atom is -0.340 e. The largest absolute Gasteiger partial charge is 0.340 e. The van der Waals surface area contributed by atoms with Gasteiger partial charge in [-0.2, -0.15) is 0 Å². The van der Waals surface area contributed by atoms with Gasteiger partial charge in [-0.1, -0.05) is 79.4 Å². The SMILES string of the molecule is CCCCC(CC)Cn1c2ccc(Br)cc2c2cc(-c3cc[c-]c(-c4ccccn4)c3)ccc21.[Ir].[c-]1ccccc1-c1ccccn1. The van der Waals surface area contributed by atoms with E-state index in [9.17, 15) is 0 Å². The first-order chi connectivity index (χ1) is 22.6. The van der Waals surface area contributed by atoms with Crippen LogP contribution in [-0.4, -0.2) is 14.5 Å². The summed E-state index contributed by atoms with van der Waals surface area (Å²) in [5.74, 6) is 0.702. The molecule has 7 rings (SSSR count). The molecule has 239 valence electrons. The fraction of sp³-hybridized carbons (Fsp3) is 0.190. The van der Waals surface area contributed by atoms with E-state index in [1.165, 1.54) is 58.6 Å². The molecule has 5 heteroatoms. The molecule has 3 nitrogen and oxygen atoms in total. The standard InChI is InChI=1S/C31H30BrN2.C11H8N.Ir/c1-3-5-9-22(4-2)21-34-30-15-13-24(19-27(30)28-20-26(32)14-16-31(28)34)23-10-8-11-25(18-23)29-12-6-7-17-33-29;1-2-6-10(7-3-1)11-8-4-5-9-12-11;/h6-8,10,12-20,22H,3-5,9,21H2,1-2H3;1-6,8-9H;/q2*-1;. The molecule has 3 heterocycles. The molecule has 0 saturated carbocycles. The Bertz CT molecular complexity index is 1970. The summed E-state index contributed by atoms with van der Waals surface area (Å²) in [4.78, 5) is 8.72. The Hall–Kier alpha value is -3.89. The van der Waals surface area contributed by atoms with Crippen LogP contribution in [0.25, 0.3) is 55.4 Å². The molecule has 0 fully saturated rings. The van der Waals surface area contributed by atoms with Crippen LogP contribution in [-0.2, 0) is 26.7 Å². The normalized spacial score (nSPS) is 11.5. The molecule has 0 aliphatic heterocycles. The monoisotopic (exact) mass is 856 g/mol. The van der Waals surface area contributed by atoms with Gasteiger partial charge in [0, 0.05) is 65.3 Å². The molecule has 0 aliphatic rings. The molecule has 0 N–H and O–H groups in total. The first kappa shape index (κ1) is 34.4. The van der Waals surface area contributed by atoms with Gasteiger partial charge in [0.05, 0.1) is 0 Å². The van der Waals surface area contributed by atoms with Gasteiger partial charge in [-0.05, 0) is 71.8 Å². The maximum atomic E-state index is 4.50. The van der Waals surface area contributed by atoms with Crippen molar-refractivity contribution in [2.75, 3.05) is 0 Å². The fourth-order valence-electron chi connectivity index (χ4n) is 6.02. The quantitative estimate of drug-likeness (QED) is 0.135. The first-order valence-electron chi connectivity index (χ1n) is 16.2. The Morgan fingerprint density at radius 2 is 1.34 bits per heavy atom. The third kappa shape index (κ3) is 8.34. The van der Waals surface area contributed by atoms with Gasteiger partial charge in [-0.25, -0.2) is 0 Å². The Morgan fingerprint density at radius 3 is 2.00 bits per heavy atom. The van der Waals surface area contributed by atoms with E-state index in [4.69, 9.17) is 0 Å². The summed E-state index contributed by atoms with van der Waals surface area (Å²) in [5, 5.41) is 2.62. The van der Waals surface area contributed by atoms with Crippen LogP contribution >= 0.6 is 15.9 Å². The third-order valence-electron chi connectivity index (χ3n) is 8.54. The van der Waals surface area contributed by atoms with Crippen molar-refractivity contribution < 1.29 is 20.1 Å². The minimum absolute atomic E-state index is 0. The van der Waals surface area contributed by atoms with Crippen LogP contribution in [0.1, 0.15) is 39.5 Å². The van der Waals surface area contributed by atoms with Crippen LogP contribution < -0.4 is 0 Å². The van der Waals surface area contributed by atoms with E-state index in [0.717, 1.165) is 33.5 Å². The molecule has 1 radical (unpaired) electrons. The fourth-order valence-corrected chi connectivity index (χ4v) is 6.38. The van der Waals surface area contributed by atoms with Crippen LogP contribution in [0, 0.1) is 18.1 Å². The number of aromatic nitrogens is 3. The Labute approximate surface area is 300 Å². The molecule has 1 atom stereocenters. The van der Waals surface area contributed by atoms with Crippen LogP contribution in [0.5, 0.6) is 0 Å². The number of hydrogen-bond donors (Lipinski definition) is 0. The van der Waals surface area contributed by atoms with E-state index in [2.05, 4.69) is 105 Å². The predicted octanol–water partition coefficient (Wildman–Crippen LogP) is 11.8. The topological polar surface area (TPSA) is 30.7 Å². The first-order valence-corrected chi connectivity index (χ1v) is 17.0. The van der Waals surface area contributed by atoms with E-state index in [1.54, 1.807) is 6.20 Å². The van der Waals surface area contributed by atoms with E-state index >= 15 is 0 Å². The summed E-state index contributed by atoms with van der Waals surface area (Å²) >= 11 is 3.70. The second-order valence-electron chi connectivity index (χ2n) is 11.6. The second kappa shape index (κ2) is 16.8. The molecule has 47 heavy (non-hydrogen) atoms. The van der Waals surface area contributed by atoms with Crippen LogP contribution in [0.15, 0.2) is 132 Å². The number of rotatable bonds is 9. The summed E-state index contributed by atoms with van der Waals surface area (Å²) in [6.45, 7) is 5.68. The summed E-state index contributed by atoms with van der Waals surface area (Å²) in [6, 6.07) is 46.1. The smallest absolute Gasteiger partial charge is 0.0492 e. The van der Waals surface area contributed by atoms with Crippen molar-refractivity contribution in [3.05, 3.63) is 144 Å². The summed E-state index contributed by atoms with van der Waals surface area (Å²) < 4.78 is 3.66. The zero-order chi connectivity index (χ0) is 31.7. The van der Waals surface area contributed by atoms with Crippen LogP contribution in [0.4, 0.5) is 0 Å². The van der Waals surface area contributed by atoms with Crippen molar-refractivity contribution >= 4 is 37.7 Å². The molecule has 0 saturated heterocycles. The van der Waals surface area contributed by atoms with Gasteiger partial charge < -0.3 is 14.5 Å². The van der Waals surface area contributed by atoms with Crippen molar-refractivity contribution in [3.8, 4) is 33.6 Å². The average Bonchev–Trinajstić information content (AvgIpc) is 3.42. The zero-order valence-corrected chi connectivity index (χ0v) is 30.8. The van der Waals surface area contributed by atoms with E-state index in [-0.39, 0.29) is 20.1 Å². The average molecular weight is 857 g/mol. The van der Waals surface area contributed by atoms with Crippen molar-refractivity contribution in [1.82, 2.24) is 14.5 Å². The van der Waals surface area contributed by atoms with Crippen molar-refractivity contribution in [2.24, 2.45) is 5.92 Å². The minimum atomic E-state index is 0. The molecule has 0 bridgehead atoms. The molecule has 0 spiro atoms. The Balaban J connectivity index is 0.000000280. The number of benzene rings is 4. The number of unbranched alkanes of at least 4 members (excludes halogenated alkanes) is 1. The number of halogens is 1. The molecule has 1 unspecified atom stereocenters. The second-order valence-corrected chi connectivity index (χ2v) is 12.5. The Kier molecular flexibility index (Phi) is 12.3. The van der Waals surface area contributed by atoms with Crippen LogP contribution in [0.3, 0.4) is 0 Å². The van der Waals surface area contributed by atoms with Gasteiger partial charge >= 0.3 is 0 Å². The van der Waals surface area contributed by atoms with E-state index in [0.29, 0.717) is 5.92 Å². The molecule has 4 aromatic carbocycles. The maximum absolute atomic E-state index is 4.50. The number of fused-ring (bicyclic) bond motifs is 3. The van der Waals surface area contributed by atoms with Crippen molar-refractivity contribution in [3.63, 3.8) is 0 Å². The van der Waals surface area contributed by atoms with Gasteiger partial charge in [0.2, 0.25) is 0 Å². The Morgan fingerprint density at radius 1 is 0.681 bits per heavy atom. The number of hydrogen-bond acceptors (Lipinski definition) is 2. The molecule has 7 aromatic rings. The predicted molar refractivity (Wildman–Crippen MR) is 196 cm³/mol. The maximum Gasteiger partial charge on any atom is 0.0492 e. The van der Waals surface area contributed by atoms with E-state index in [1.807, 2.05) is 72.9 Å². The van der Waals surface area contributed by atoms with Gasteiger partial charge in [0.25, 0.3) is 0 Å². The van der Waals surface area contributed by atoms with Gasteiger partial charge in [0.1, 0.15) is 0 Å². The molecule has 3 aromatic heterocycles.